The van der Waals surface area contributed by atoms with E-state index in [1.807, 2.05) is 12.1 Å². The first-order valence-electron chi connectivity index (χ1n) is 7.71. The molecule has 2 heterocycles. The molecule has 1 unspecified atom stereocenters. The number of likely N-dealkylation sites (N-methyl/N-ethyl adjacent to an activating group) is 1. The highest BCUT2D eigenvalue weighted by Gasteiger charge is 2.17. The second kappa shape index (κ2) is 10.8. The summed E-state index contributed by atoms with van der Waals surface area (Å²) in [5.41, 5.74) is 0. The van der Waals surface area contributed by atoms with E-state index in [-0.39, 0.29) is 30.1 Å². The first kappa shape index (κ1) is 19.2. The standard InChI is InChI=1S/C15H27N5O.HI/c1-3-16-15(17-6-9-20-7-4-5-8-20)18-12-14-13-19(2)10-11-21-14;/h4-5,7-8,14H,3,6,9-13H2,1-2H3,(H2,16,17,18);1H. The lowest BCUT2D eigenvalue weighted by Crippen LogP contribution is -2.43. The van der Waals surface area contributed by atoms with Gasteiger partial charge in [0.1, 0.15) is 0 Å². The number of aromatic nitrogens is 1. The van der Waals surface area contributed by atoms with Crippen molar-refractivity contribution < 1.29 is 4.74 Å². The van der Waals surface area contributed by atoms with Crippen molar-refractivity contribution >= 4 is 29.9 Å². The predicted octanol–water partition coefficient (Wildman–Crippen LogP) is 0.992. The Bertz CT molecular complexity index is 424. The van der Waals surface area contributed by atoms with Crippen LogP contribution in [0.2, 0.25) is 0 Å². The predicted molar refractivity (Wildman–Crippen MR) is 101 cm³/mol. The molecule has 2 N–H and O–H groups in total. The number of nitrogens with one attached hydrogen (secondary N) is 2. The summed E-state index contributed by atoms with van der Waals surface area (Å²) in [7, 11) is 2.12. The Morgan fingerprint density at radius 2 is 2.09 bits per heavy atom. The van der Waals surface area contributed by atoms with Crippen molar-refractivity contribution in [2.75, 3.05) is 46.4 Å². The first-order chi connectivity index (χ1) is 10.3. The molecule has 1 aliphatic heterocycles. The van der Waals surface area contributed by atoms with Crippen molar-refractivity contribution in [1.82, 2.24) is 20.1 Å². The van der Waals surface area contributed by atoms with E-state index in [2.05, 4.69) is 51.5 Å². The molecule has 0 bridgehead atoms. The molecular weight excluding hydrogens is 393 g/mol. The van der Waals surface area contributed by atoms with Crippen molar-refractivity contribution in [3.63, 3.8) is 0 Å². The first-order valence-corrected chi connectivity index (χ1v) is 7.71. The molecule has 1 atom stereocenters. The fraction of sp³-hybridized carbons (Fsp3) is 0.667. The number of nitrogens with zero attached hydrogens (tertiary/aromatic N) is 3. The fourth-order valence-electron chi connectivity index (χ4n) is 2.33. The molecule has 0 aromatic carbocycles. The van der Waals surface area contributed by atoms with E-state index in [9.17, 15) is 0 Å². The van der Waals surface area contributed by atoms with Crippen LogP contribution in [0.4, 0.5) is 0 Å². The zero-order valence-electron chi connectivity index (χ0n) is 13.5. The van der Waals surface area contributed by atoms with Crippen LogP contribution in [-0.2, 0) is 11.3 Å². The van der Waals surface area contributed by atoms with Gasteiger partial charge in [0.05, 0.1) is 19.3 Å². The van der Waals surface area contributed by atoms with Gasteiger partial charge in [-0.05, 0) is 26.1 Å². The maximum absolute atomic E-state index is 5.73. The molecule has 1 aromatic rings. The van der Waals surface area contributed by atoms with Crippen molar-refractivity contribution in [2.45, 2.75) is 19.6 Å². The van der Waals surface area contributed by atoms with Gasteiger partial charge in [-0.2, -0.15) is 0 Å². The van der Waals surface area contributed by atoms with Gasteiger partial charge >= 0.3 is 0 Å². The number of rotatable bonds is 6. The van der Waals surface area contributed by atoms with E-state index in [0.717, 1.165) is 45.3 Å². The van der Waals surface area contributed by atoms with Gasteiger partial charge in [0.2, 0.25) is 0 Å². The van der Waals surface area contributed by atoms with Gasteiger partial charge in [0.25, 0.3) is 0 Å². The molecule has 6 nitrogen and oxygen atoms in total. The molecule has 1 fully saturated rings. The minimum atomic E-state index is 0. The number of hydrogen-bond donors (Lipinski definition) is 2. The summed E-state index contributed by atoms with van der Waals surface area (Å²) < 4.78 is 7.88. The quantitative estimate of drug-likeness (QED) is 0.409. The molecule has 2 rings (SSSR count). The maximum Gasteiger partial charge on any atom is 0.191 e. The lowest BCUT2D eigenvalue weighted by molar-refractivity contribution is -0.0136. The highest BCUT2D eigenvalue weighted by molar-refractivity contribution is 14.0. The average molecular weight is 421 g/mol. The Morgan fingerprint density at radius 3 is 2.77 bits per heavy atom. The number of aliphatic imine (C=N–C) groups is 1. The molecule has 1 saturated heterocycles. The molecular formula is C15H28IN5O. The summed E-state index contributed by atoms with van der Waals surface area (Å²) in [4.78, 5) is 6.91. The summed E-state index contributed by atoms with van der Waals surface area (Å²) in [6.07, 6.45) is 4.33. The van der Waals surface area contributed by atoms with E-state index in [0.29, 0.717) is 6.54 Å². The Morgan fingerprint density at radius 1 is 1.32 bits per heavy atom. The van der Waals surface area contributed by atoms with E-state index >= 15 is 0 Å². The smallest absolute Gasteiger partial charge is 0.191 e. The molecule has 1 aromatic heterocycles. The van der Waals surface area contributed by atoms with E-state index in [1.165, 1.54) is 0 Å². The fourth-order valence-corrected chi connectivity index (χ4v) is 2.33. The largest absolute Gasteiger partial charge is 0.374 e. The summed E-state index contributed by atoms with van der Waals surface area (Å²) in [5, 5.41) is 6.63. The van der Waals surface area contributed by atoms with Gasteiger partial charge in [-0.25, -0.2) is 0 Å². The Hall–Kier alpha value is -0.800. The number of guanidine groups is 1. The van der Waals surface area contributed by atoms with Crippen molar-refractivity contribution in [3.05, 3.63) is 24.5 Å². The molecule has 126 valence electrons. The SMILES string of the molecule is CCNC(=NCC1CN(C)CCO1)NCCn1cccc1.I. The highest BCUT2D eigenvalue weighted by atomic mass is 127. The van der Waals surface area contributed by atoms with Crippen LogP contribution in [-0.4, -0.2) is 67.9 Å². The van der Waals surface area contributed by atoms with Crippen LogP contribution < -0.4 is 10.6 Å². The Kier molecular flexibility index (Phi) is 9.49. The number of hydrogen-bond acceptors (Lipinski definition) is 3. The number of halogens is 1. The lowest BCUT2D eigenvalue weighted by Gasteiger charge is -2.29. The van der Waals surface area contributed by atoms with Gasteiger partial charge in [0.15, 0.2) is 5.96 Å². The Balaban J connectivity index is 0.00000242. The minimum absolute atomic E-state index is 0. The van der Waals surface area contributed by atoms with Gasteiger partial charge in [0, 0.05) is 45.1 Å². The summed E-state index contributed by atoms with van der Waals surface area (Å²) >= 11 is 0. The van der Waals surface area contributed by atoms with E-state index < -0.39 is 0 Å². The zero-order valence-corrected chi connectivity index (χ0v) is 15.8. The van der Waals surface area contributed by atoms with Crippen LogP contribution in [0.15, 0.2) is 29.5 Å². The second-order valence-corrected chi connectivity index (χ2v) is 5.32. The number of morpholine rings is 1. The van der Waals surface area contributed by atoms with Gasteiger partial charge in [-0.15, -0.1) is 24.0 Å². The molecule has 0 aliphatic carbocycles. The molecule has 0 spiro atoms. The van der Waals surface area contributed by atoms with Crippen LogP contribution in [0.1, 0.15) is 6.92 Å². The van der Waals surface area contributed by atoms with Crippen molar-refractivity contribution in [2.24, 2.45) is 4.99 Å². The molecule has 22 heavy (non-hydrogen) atoms. The lowest BCUT2D eigenvalue weighted by atomic mass is 10.3. The maximum atomic E-state index is 5.73. The van der Waals surface area contributed by atoms with E-state index in [4.69, 9.17) is 4.74 Å². The normalized spacial score (nSPS) is 19.5. The van der Waals surface area contributed by atoms with E-state index in [1.54, 1.807) is 0 Å². The van der Waals surface area contributed by atoms with Crippen molar-refractivity contribution in [3.8, 4) is 0 Å². The molecule has 0 radical (unpaired) electrons. The monoisotopic (exact) mass is 421 g/mol. The van der Waals surface area contributed by atoms with Crippen LogP contribution >= 0.6 is 24.0 Å². The van der Waals surface area contributed by atoms with Crippen LogP contribution in [0.3, 0.4) is 0 Å². The summed E-state index contributed by atoms with van der Waals surface area (Å²) in [5.74, 6) is 0.862. The average Bonchev–Trinajstić information content (AvgIpc) is 2.98. The third kappa shape index (κ3) is 6.97. The van der Waals surface area contributed by atoms with Crippen LogP contribution in [0.5, 0.6) is 0 Å². The third-order valence-corrected chi connectivity index (χ3v) is 3.47. The molecule has 1 aliphatic rings. The van der Waals surface area contributed by atoms with Gasteiger partial charge in [-0.3, -0.25) is 4.99 Å². The van der Waals surface area contributed by atoms with Crippen LogP contribution in [0.25, 0.3) is 0 Å². The minimum Gasteiger partial charge on any atom is -0.374 e. The molecule has 0 saturated carbocycles. The Labute approximate surface area is 150 Å². The molecule has 0 amide bonds. The summed E-state index contributed by atoms with van der Waals surface area (Å²) in [6, 6.07) is 4.08. The van der Waals surface area contributed by atoms with Crippen molar-refractivity contribution in [1.29, 1.82) is 0 Å². The number of ether oxygens (including phenoxy) is 1. The van der Waals surface area contributed by atoms with Gasteiger partial charge < -0.3 is 24.8 Å². The topological polar surface area (TPSA) is 53.8 Å². The summed E-state index contributed by atoms with van der Waals surface area (Å²) in [6.45, 7) is 8.18. The molecule has 7 heteroatoms. The van der Waals surface area contributed by atoms with Gasteiger partial charge in [-0.1, -0.05) is 0 Å². The van der Waals surface area contributed by atoms with Crippen LogP contribution in [0, 0.1) is 0 Å². The zero-order chi connectivity index (χ0) is 14.9. The third-order valence-electron chi connectivity index (χ3n) is 3.47. The second-order valence-electron chi connectivity index (χ2n) is 5.32. The highest BCUT2D eigenvalue weighted by Crippen LogP contribution is 2.02.